The van der Waals surface area contributed by atoms with E-state index < -0.39 is 77.9 Å². The fourth-order valence-electron chi connectivity index (χ4n) is 4.30. The molecule has 10 atom stereocenters. The molecule has 2 fully saturated rings. The van der Waals surface area contributed by atoms with E-state index in [9.17, 15) is 39.3 Å². The number of fused-ring (bicyclic) bond motifs is 7. The monoisotopic (exact) mass is 555 g/mol. The Morgan fingerprint density at radius 3 is 2.06 bits per heavy atom. The molecule has 2 aromatic rings. The molecule has 0 saturated carbocycles. The lowest BCUT2D eigenvalue weighted by molar-refractivity contribution is -0.0567. The third-order valence-corrected chi connectivity index (χ3v) is 8.66. The minimum atomic E-state index is -5.27. The smallest absolute Gasteiger partial charge is 0.387 e. The maximum absolute atomic E-state index is 12.2. The van der Waals surface area contributed by atoms with Crippen LogP contribution in [0.5, 0.6) is 0 Å². The number of phosphoric acid groups is 2. The summed E-state index contributed by atoms with van der Waals surface area (Å²) >= 11 is 0. The summed E-state index contributed by atoms with van der Waals surface area (Å²) in [4.78, 5) is 28.2. The molecular weight excluding hydrogens is 532 g/mol. The third kappa shape index (κ3) is 4.37. The van der Waals surface area contributed by atoms with Gasteiger partial charge in [0.05, 0.1) is 13.2 Å². The SMILES string of the molecule is Cc1nc2c(=N)n3cnc2n1[C@@H]1O[C@H](COP(=O)(O)OP(=O)(O)OC[C@H]2O[C@H]3C(O)C2O)C(O)C1O. The maximum Gasteiger partial charge on any atom is 0.481 e. The van der Waals surface area contributed by atoms with Gasteiger partial charge < -0.3 is 39.7 Å². The van der Waals surface area contributed by atoms with Gasteiger partial charge in [0, 0.05) is 0 Å². The molecule has 8 bridgehead atoms. The predicted molar refractivity (Wildman–Crippen MR) is 111 cm³/mol. The highest BCUT2D eigenvalue weighted by Crippen LogP contribution is 2.60. The Morgan fingerprint density at radius 1 is 0.944 bits per heavy atom. The summed E-state index contributed by atoms with van der Waals surface area (Å²) in [5.41, 5.74) is -0.233. The third-order valence-electron chi connectivity index (χ3n) is 6.06. The molecule has 2 aromatic heterocycles. The van der Waals surface area contributed by atoms with E-state index >= 15 is 0 Å². The van der Waals surface area contributed by atoms with Gasteiger partial charge in [0.1, 0.15) is 48.8 Å². The molecule has 6 rings (SSSR count). The Morgan fingerprint density at radius 2 is 1.47 bits per heavy atom. The average molecular weight is 555 g/mol. The summed E-state index contributed by atoms with van der Waals surface area (Å²) in [5.74, 6) is 0.219. The minimum Gasteiger partial charge on any atom is -0.387 e. The van der Waals surface area contributed by atoms with Crippen LogP contribution in [0.3, 0.4) is 0 Å². The summed E-state index contributed by atoms with van der Waals surface area (Å²) in [7, 11) is -10.5. The summed E-state index contributed by atoms with van der Waals surface area (Å²) in [6, 6.07) is 0. The van der Waals surface area contributed by atoms with Crippen LogP contribution < -0.4 is 5.49 Å². The number of hydrogen-bond donors (Lipinski definition) is 7. The van der Waals surface area contributed by atoms with Crippen molar-refractivity contribution in [3.8, 4) is 0 Å². The van der Waals surface area contributed by atoms with Gasteiger partial charge in [-0.15, -0.1) is 0 Å². The van der Waals surface area contributed by atoms with Crippen LogP contribution in [-0.2, 0) is 32.0 Å². The summed E-state index contributed by atoms with van der Waals surface area (Å²) in [5, 5.41) is 50.4. The fraction of sp³-hybridized carbons (Fsp3) is 0.688. The first-order valence-corrected chi connectivity index (χ1v) is 13.5. The quantitative estimate of drug-likeness (QED) is 0.166. The lowest BCUT2D eigenvalue weighted by Crippen LogP contribution is -2.36. The van der Waals surface area contributed by atoms with Gasteiger partial charge in [0.15, 0.2) is 29.1 Å². The van der Waals surface area contributed by atoms with E-state index in [1.165, 1.54) is 11.5 Å². The van der Waals surface area contributed by atoms with Crippen molar-refractivity contribution < 1.29 is 62.2 Å². The van der Waals surface area contributed by atoms with Crippen molar-refractivity contribution in [2.45, 2.75) is 56.0 Å². The Bertz CT molecular complexity index is 1330. The van der Waals surface area contributed by atoms with Crippen molar-refractivity contribution in [2.24, 2.45) is 0 Å². The zero-order chi connectivity index (χ0) is 26.2. The zero-order valence-corrected chi connectivity index (χ0v) is 20.1. The number of imidazole rings is 1. The molecule has 6 unspecified atom stereocenters. The lowest BCUT2D eigenvalue weighted by atomic mass is 10.1. The Balaban J connectivity index is 1.61. The van der Waals surface area contributed by atoms with Crippen molar-refractivity contribution in [2.75, 3.05) is 13.2 Å². The van der Waals surface area contributed by atoms with Crippen LogP contribution >= 0.6 is 15.6 Å². The van der Waals surface area contributed by atoms with E-state index in [-0.39, 0.29) is 22.5 Å². The molecule has 0 aromatic carbocycles. The molecule has 20 heteroatoms. The lowest BCUT2D eigenvalue weighted by Gasteiger charge is -2.21. The van der Waals surface area contributed by atoms with Crippen LogP contribution in [0.1, 0.15) is 18.3 Å². The first-order chi connectivity index (χ1) is 16.8. The number of hydrogen-bond acceptors (Lipinski definition) is 14. The number of rotatable bonds is 0. The Kier molecular flexibility index (Phi) is 6.49. The minimum absolute atomic E-state index is 0.000727. The Labute approximate surface area is 201 Å². The molecule has 4 aliphatic heterocycles. The number of aliphatic hydroxyl groups is 4. The van der Waals surface area contributed by atoms with Crippen LogP contribution in [0.15, 0.2) is 6.33 Å². The number of aliphatic hydroxyl groups excluding tert-OH is 4. The number of phosphoric ester groups is 2. The molecule has 2 saturated heterocycles. The van der Waals surface area contributed by atoms with Gasteiger partial charge >= 0.3 is 15.6 Å². The van der Waals surface area contributed by atoms with E-state index in [4.69, 9.17) is 14.9 Å². The van der Waals surface area contributed by atoms with Crippen molar-refractivity contribution >= 4 is 26.8 Å². The van der Waals surface area contributed by atoms with Crippen LogP contribution in [0, 0.1) is 12.3 Å². The van der Waals surface area contributed by atoms with Crippen LogP contribution in [0.4, 0.5) is 0 Å². The summed E-state index contributed by atoms with van der Waals surface area (Å²) in [6.07, 6.45) is -10.9. The molecule has 18 nitrogen and oxygen atoms in total. The highest BCUT2D eigenvalue weighted by Gasteiger charge is 2.48. The van der Waals surface area contributed by atoms with Crippen molar-refractivity contribution in [1.82, 2.24) is 19.1 Å². The highest BCUT2D eigenvalue weighted by molar-refractivity contribution is 7.61. The molecule has 0 aliphatic carbocycles. The second kappa shape index (κ2) is 8.99. The molecule has 6 heterocycles. The largest absolute Gasteiger partial charge is 0.481 e. The first kappa shape index (κ1) is 26.0. The fourth-order valence-corrected chi connectivity index (χ4v) is 6.39. The van der Waals surface area contributed by atoms with E-state index in [1.54, 1.807) is 0 Å². The van der Waals surface area contributed by atoms with Gasteiger partial charge in [-0.25, -0.2) is 19.1 Å². The zero-order valence-electron chi connectivity index (χ0n) is 18.3. The topological polar surface area (TPSA) is 261 Å². The van der Waals surface area contributed by atoms with E-state index in [0.29, 0.717) is 0 Å². The van der Waals surface area contributed by atoms with Gasteiger partial charge in [-0.05, 0) is 6.92 Å². The normalized spacial score (nSPS) is 43.8. The van der Waals surface area contributed by atoms with Crippen LogP contribution in [0.25, 0.3) is 11.2 Å². The van der Waals surface area contributed by atoms with Crippen LogP contribution in [0.2, 0.25) is 0 Å². The van der Waals surface area contributed by atoms with Crippen molar-refractivity contribution in [3.63, 3.8) is 0 Å². The summed E-state index contributed by atoms with van der Waals surface area (Å²) < 4.78 is 51.4. The first-order valence-electron chi connectivity index (χ1n) is 10.5. The molecule has 7 N–H and O–H groups in total. The van der Waals surface area contributed by atoms with Crippen molar-refractivity contribution in [3.05, 3.63) is 17.6 Å². The molecule has 0 radical (unpaired) electrons. The highest BCUT2D eigenvalue weighted by atomic mass is 31.3. The standard InChI is InChI=1S/C16H23N5O13P2/c1-5-19-8-13(17)20-4-18-14(8)21(5)16-12(25)10(23)7(33-16)3-31-36(28,29)34-35(26,27)30-2-6-9(22)11(24)15(20)32-6/h4,6-7,9-12,15-17,22-25H,2-3H2,1H3,(H,26,27)(H,28,29)/t6-,7-,9?,10?,11?,12?,15+,16-/m1/s1. The molecular formula is C16H23N5O13P2. The maximum atomic E-state index is 12.2. The predicted octanol–water partition coefficient (Wildman–Crippen LogP) is -2.48. The Hall–Kier alpha value is -1.63. The molecule has 4 aliphatic rings. The van der Waals surface area contributed by atoms with Crippen LogP contribution in [-0.4, -0.2) is 99.2 Å². The molecule has 36 heavy (non-hydrogen) atoms. The number of nitrogens with zero attached hydrogens (tertiary/aromatic N) is 4. The number of ether oxygens (including phenoxy) is 2. The summed E-state index contributed by atoms with van der Waals surface area (Å²) in [6.45, 7) is -0.186. The molecule has 200 valence electrons. The molecule has 0 amide bonds. The second-order valence-electron chi connectivity index (χ2n) is 8.40. The van der Waals surface area contributed by atoms with Crippen molar-refractivity contribution in [1.29, 1.82) is 5.41 Å². The number of aromatic nitrogens is 4. The average Bonchev–Trinajstić information content (AvgIpc) is 3.37. The van der Waals surface area contributed by atoms with Gasteiger partial charge in [0.2, 0.25) is 0 Å². The van der Waals surface area contributed by atoms with E-state index in [1.807, 2.05) is 0 Å². The molecule has 0 spiro atoms. The van der Waals surface area contributed by atoms with Gasteiger partial charge in [-0.1, -0.05) is 0 Å². The number of nitrogens with one attached hydrogen (secondary N) is 1. The second-order valence-corrected chi connectivity index (χ2v) is 11.4. The van der Waals surface area contributed by atoms with E-state index in [2.05, 4.69) is 23.3 Å². The van der Waals surface area contributed by atoms with Gasteiger partial charge in [-0.2, -0.15) is 4.31 Å². The van der Waals surface area contributed by atoms with E-state index in [0.717, 1.165) is 10.9 Å². The van der Waals surface area contributed by atoms with Gasteiger partial charge in [-0.3, -0.25) is 23.6 Å². The van der Waals surface area contributed by atoms with Gasteiger partial charge in [0.25, 0.3) is 0 Å². The number of aryl methyl sites for hydroxylation is 1.